The lowest BCUT2D eigenvalue weighted by Gasteiger charge is -2.11. The summed E-state index contributed by atoms with van der Waals surface area (Å²) >= 11 is 0. The third-order valence-corrected chi connectivity index (χ3v) is 3.65. The van der Waals surface area contributed by atoms with Gasteiger partial charge in [0.25, 0.3) is 5.91 Å². The summed E-state index contributed by atoms with van der Waals surface area (Å²) in [6.07, 6.45) is 3.28. The molecule has 138 valence electrons. The first-order valence-corrected chi connectivity index (χ1v) is 8.23. The number of pyridine rings is 1. The minimum absolute atomic E-state index is 0.0816. The third kappa shape index (κ3) is 4.60. The molecule has 0 saturated carbocycles. The number of aryl methyl sites for hydroxylation is 1. The lowest BCUT2D eigenvalue weighted by Crippen LogP contribution is -2.25. The molecule has 8 heteroatoms. The molecule has 0 fully saturated rings. The summed E-state index contributed by atoms with van der Waals surface area (Å²) in [7, 11) is 0. The van der Waals surface area contributed by atoms with E-state index in [9.17, 15) is 13.6 Å². The highest BCUT2D eigenvalue weighted by Gasteiger charge is 2.12. The molecule has 0 radical (unpaired) electrons. The molecule has 3 aromatic rings. The minimum Gasteiger partial charge on any atom is -0.349 e. The molecular weight excluding hydrogens is 352 g/mol. The molecule has 1 aromatic carbocycles. The van der Waals surface area contributed by atoms with Gasteiger partial charge in [-0.15, -0.1) is 0 Å². The number of benzene rings is 1. The zero-order chi connectivity index (χ0) is 19.2. The number of carbonyl (C=O) groups excluding carboxylic acids is 1. The molecule has 2 heterocycles. The number of halogens is 2. The highest BCUT2D eigenvalue weighted by atomic mass is 19.1. The molecule has 27 heavy (non-hydrogen) atoms. The van der Waals surface area contributed by atoms with Crippen LogP contribution in [0.1, 0.15) is 16.1 Å². The van der Waals surface area contributed by atoms with Crippen molar-refractivity contribution in [1.82, 2.24) is 20.3 Å². The molecule has 1 amide bonds. The van der Waals surface area contributed by atoms with Crippen molar-refractivity contribution in [3.63, 3.8) is 0 Å². The van der Waals surface area contributed by atoms with Crippen molar-refractivity contribution in [2.45, 2.75) is 6.92 Å². The van der Waals surface area contributed by atoms with Gasteiger partial charge in [-0.25, -0.2) is 18.7 Å². The van der Waals surface area contributed by atoms with E-state index in [1.54, 1.807) is 31.5 Å². The van der Waals surface area contributed by atoms with Gasteiger partial charge in [0, 0.05) is 41.8 Å². The first kappa shape index (κ1) is 18.4. The summed E-state index contributed by atoms with van der Waals surface area (Å²) < 4.78 is 26.4. The van der Waals surface area contributed by atoms with Crippen molar-refractivity contribution in [2.75, 3.05) is 18.5 Å². The van der Waals surface area contributed by atoms with Crippen LogP contribution < -0.4 is 10.6 Å². The number of amides is 1. The lowest BCUT2D eigenvalue weighted by molar-refractivity contribution is 0.0951. The number of aromatic nitrogens is 3. The molecule has 0 aliphatic carbocycles. The van der Waals surface area contributed by atoms with Crippen molar-refractivity contribution in [1.29, 1.82) is 0 Å². The SMILES string of the molecule is Cc1cc(Nc2cc(C(=O)NCCF)ccc2F)nc(-c2cccnc2)n1. The monoisotopic (exact) mass is 369 g/mol. The van der Waals surface area contributed by atoms with Crippen LogP contribution in [0, 0.1) is 12.7 Å². The average molecular weight is 369 g/mol. The van der Waals surface area contributed by atoms with Crippen LogP contribution in [0.5, 0.6) is 0 Å². The van der Waals surface area contributed by atoms with Crippen LogP contribution in [0.4, 0.5) is 20.3 Å². The molecule has 6 nitrogen and oxygen atoms in total. The van der Waals surface area contributed by atoms with Crippen LogP contribution in [-0.4, -0.2) is 34.1 Å². The second-order valence-corrected chi connectivity index (χ2v) is 5.72. The van der Waals surface area contributed by atoms with E-state index in [4.69, 9.17) is 0 Å². The highest BCUT2D eigenvalue weighted by molar-refractivity contribution is 5.95. The standard InChI is InChI=1S/C19H17F2N5O/c1-12-9-17(26-18(24-12)14-3-2-7-22-11-14)25-16-10-13(4-5-15(16)21)19(27)23-8-6-20/h2-5,7,9-11H,6,8H2,1H3,(H,23,27)(H,24,25,26). The summed E-state index contributed by atoms with van der Waals surface area (Å²) in [5.41, 5.74) is 1.71. The number of carbonyl (C=O) groups is 1. The topological polar surface area (TPSA) is 79.8 Å². The van der Waals surface area contributed by atoms with E-state index in [-0.39, 0.29) is 17.8 Å². The van der Waals surface area contributed by atoms with Crippen molar-refractivity contribution < 1.29 is 13.6 Å². The first-order chi connectivity index (χ1) is 13.1. The maximum absolute atomic E-state index is 14.2. The van der Waals surface area contributed by atoms with Crippen molar-refractivity contribution in [3.05, 3.63) is 65.9 Å². The van der Waals surface area contributed by atoms with E-state index in [1.165, 1.54) is 18.2 Å². The molecule has 0 bridgehead atoms. The van der Waals surface area contributed by atoms with Gasteiger partial charge in [-0.05, 0) is 37.3 Å². The molecule has 0 unspecified atom stereocenters. The second kappa shape index (κ2) is 8.31. The Morgan fingerprint density at radius 3 is 2.78 bits per heavy atom. The Balaban J connectivity index is 1.89. The fourth-order valence-electron chi connectivity index (χ4n) is 2.42. The molecular formula is C19H17F2N5O. The largest absolute Gasteiger partial charge is 0.349 e. The quantitative estimate of drug-likeness (QED) is 0.696. The number of hydrogen-bond donors (Lipinski definition) is 2. The van der Waals surface area contributed by atoms with E-state index in [0.717, 1.165) is 5.56 Å². The van der Waals surface area contributed by atoms with Gasteiger partial charge >= 0.3 is 0 Å². The van der Waals surface area contributed by atoms with E-state index in [1.807, 2.05) is 6.07 Å². The number of anilines is 2. The fraction of sp³-hybridized carbons (Fsp3) is 0.158. The average Bonchev–Trinajstić information content (AvgIpc) is 2.68. The summed E-state index contributed by atoms with van der Waals surface area (Å²) in [5.74, 6) is -0.203. The number of hydrogen-bond acceptors (Lipinski definition) is 5. The molecule has 2 aromatic heterocycles. The van der Waals surface area contributed by atoms with Crippen molar-refractivity contribution in [3.8, 4) is 11.4 Å². The van der Waals surface area contributed by atoms with Crippen molar-refractivity contribution in [2.24, 2.45) is 0 Å². The van der Waals surface area contributed by atoms with E-state index < -0.39 is 18.4 Å². The lowest BCUT2D eigenvalue weighted by atomic mass is 10.1. The number of rotatable bonds is 6. The predicted molar refractivity (Wildman–Crippen MR) is 98.0 cm³/mol. The molecule has 0 saturated heterocycles. The number of alkyl halides is 1. The first-order valence-electron chi connectivity index (χ1n) is 8.23. The van der Waals surface area contributed by atoms with Gasteiger partial charge in [0.05, 0.1) is 5.69 Å². The predicted octanol–water partition coefficient (Wildman–Crippen LogP) is 3.43. The Morgan fingerprint density at radius 1 is 1.19 bits per heavy atom. The molecule has 3 rings (SSSR count). The van der Waals surface area contributed by atoms with Gasteiger partial charge in [0.15, 0.2) is 5.82 Å². The highest BCUT2D eigenvalue weighted by Crippen LogP contribution is 2.23. The van der Waals surface area contributed by atoms with Gasteiger partial charge in [-0.2, -0.15) is 0 Å². The van der Waals surface area contributed by atoms with E-state index in [2.05, 4.69) is 25.6 Å². The summed E-state index contributed by atoms with van der Waals surface area (Å²) in [5, 5.41) is 5.28. The third-order valence-electron chi connectivity index (χ3n) is 3.65. The molecule has 0 spiro atoms. The Bertz CT molecular complexity index is 950. The van der Waals surface area contributed by atoms with Gasteiger partial charge in [-0.1, -0.05) is 0 Å². The Hall–Kier alpha value is -3.42. The van der Waals surface area contributed by atoms with Crippen LogP contribution in [-0.2, 0) is 0 Å². The van der Waals surface area contributed by atoms with Crippen LogP contribution in [0.15, 0.2) is 48.8 Å². The maximum atomic E-state index is 14.2. The normalized spacial score (nSPS) is 10.5. The Morgan fingerprint density at radius 2 is 2.04 bits per heavy atom. The van der Waals surface area contributed by atoms with Gasteiger partial charge in [-0.3, -0.25) is 9.78 Å². The van der Waals surface area contributed by atoms with Crippen LogP contribution >= 0.6 is 0 Å². The summed E-state index contributed by atoms with van der Waals surface area (Å²) in [6, 6.07) is 9.11. The second-order valence-electron chi connectivity index (χ2n) is 5.72. The van der Waals surface area contributed by atoms with Gasteiger partial charge in [0.1, 0.15) is 18.3 Å². The molecule has 0 aliphatic heterocycles. The molecule has 2 N–H and O–H groups in total. The number of nitrogens with zero attached hydrogens (tertiary/aromatic N) is 3. The maximum Gasteiger partial charge on any atom is 0.251 e. The minimum atomic E-state index is -0.671. The summed E-state index contributed by atoms with van der Waals surface area (Å²) in [6.45, 7) is 1.03. The van der Waals surface area contributed by atoms with E-state index in [0.29, 0.717) is 17.3 Å². The molecule has 0 aliphatic rings. The van der Waals surface area contributed by atoms with Crippen LogP contribution in [0.25, 0.3) is 11.4 Å². The fourth-order valence-corrected chi connectivity index (χ4v) is 2.42. The van der Waals surface area contributed by atoms with E-state index >= 15 is 0 Å². The van der Waals surface area contributed by atoms with Crippen LogP contribution in [0.2, 0.25) is 0 Å². The van der Waals surface area contributed by atoms with Crippen LogP contribution in [0.3, 0.4) is 0 Å². The zero-order valence-corrected chi connectivity index (χ0v) is 14.5. The smallest absolute Gasteiger partial charge is 0.251 e. The van der Waals surface area contributed by atoms with Gasteiger partial charge in [0.2, 0.25) is 0 Å². The van der Waals surface area contributed by atoms with Gasteiger partial charge < -0.3 is 10.6 Å². The molecule has 0 atom stereocenters. The Kier molecular flexibility index (Phi) is 5.65. The summed E-state index contributed by atoms with van der Waals surface area (Å²) in [4.78, 5) is 24.7. The number of nitrogens with one attached hydrogen (secondary N) is 2. The zero-order valence-electron chi connectivity index (χ0n) is 14.5. The van der Waals surface area contributed by atoms with Crippen molar-refractivity contribution >= 4 is 17.4 Å². The Labute approximate surface area is 154 Å².